The minimum Gasteiger partial charge on any atom is -0.455 e. The smallest absolute Gasteiger partial charge is 0.170 e. The van der Waals surface area contributed by atoms with Crippen molar-refractivity contribution < 1.29 is 13.9 Å². The Labute approximate surface area is 120 Å². The number of hydrogen-bond acceptors (Lipinski definition) is 3. The van der Waals surface area contributed by atoms with Crippen molar-refractivity contribution >= 4 is 16.7 Å². The molecule has 4 heteroatoms. The molecule has 21 heavy (non-hydrogen) atoms. The van der Waals surface area contributed by atoms with E-state index in [9.17, 15) is 9.50 Å². The van der Waals surface area contributed by atoms with Crippen molar-refractivity contribution in [3.8, 4) is 0 Å². The molecule has 1 aliphatic rings. The lowest BCUT2D eigenvalue weighted by Gasteiger charge is -2.21. The van der Waals surface area contributed by atoms with Crippen molar-refractivity contribution in [1.29, 1.82) is 0 Å². The number of fused-ring (bicyclic) bond motifs is 2. The topological polar surface area (TPSA) is 59.4 Å². The van der Waals surface area contributed by atoms with E-state index >= 15 is 0 Å². The summed E-state index contributed by atoms with van der Waals surface area (Å²) in [6, 6.07) is 11.9. The van der Waals surface area contributed by atoms with Crippen LogP contribution in [0.4, 0.5) is 10.1 Å². The van der Waals surface area contributed by atoms with E-state index in [1.54, 1.807) is 24.3 Å². The largest absolute Gasteiger partial charge is 0.455 e. The van der Waals surface area contributed by atoms with Crippen molar-refractivity contribution in [2.75, 3.05) is 5.73 Å². The van der Waals surface area contributed by atoms with E-state index in [4.69, 9.17) is 10.2 Å². The molecule has 1 unspecified atom stereocenters. The van der Waals surface area contributed by atoms with Gasteiger partial charge in [-0.25, -0.2) is 4.39 Å². The first-order valence-electron chi connectivity index (χ1n) is 6.88. The molecular weight excluding hydrogens is 269 g/mol. The zero-order valence-corrected chi connectivity index (χ0v) is 11.3. The van der Waals surface area contributed by atoms with E-state index in [-0.39, 0.29) is 5.58 Å². The first-order valence-corrected chi connectivity index (χ1v) is 6.88. The molecule has 1 heterocycles. The second-order valence-electron chi connectivity index (χ2n) is 5.55. The third-order valence-corrected chi connectivity index (χ3v) is 4.23. The van der Waals surface area contributed by atoms with E-state index in [1.165, 1.54) is 6.07 Å². The number of aryl methyl sites for hydroxylation is 1. The van der Waals surface area contributed by atoms with E-state index < -0.39 is 11.4 Å². The predicted molar refractivity (Wildman–Crippen MR) is 78.3 cm³/mol. The van der Waals surface area contributed by atoms with Crippen molar-refractivity contribution in [3.63, 3.8) is 0 Å². The van der Waals surface area contributed by atoms with Crippen LogP contribution in [0.2, 0.25) is 0 Å². The second-order valence-corrected chi connectivity index (χ2v) is 5.55. The highest BCUT2D eigenvalue weighted by Gasteiger charge is 2.41. The quantitative estimate of drug-likeness (QED) is 0.673. The van der Waals surface area contributed by atoms with Crippen LogP contribution in [-0.2, 0) is 12.0 Å². The average molecular weight is 283 g/mol. The summed E-state index contributed by atoms with van der Waals surface area (Å²) < 4.78 is 19.4. The van der Waals surface area contributed by atoms with Gasteiger partial charge in [0.1, 0.15) is 11.4 Å². The third-order valence-electron chi connectivity index (χ3n) is 4.23. The van der Waals surface area contributed by atoms with Gasteiger partial charge in [0.25, 0.3) is 0 Å². The van der Waals surface area contributed by atoms with Crippen LogP contribution in [0, 0.1) is 5.82 Å². The zero-order valence-electron chi connectivity index (χ0n) is 11.3. The minimum absolute atomic E-state index is 0.185. The molecule has 3 N–H and O–H groups in total. The summed E-state index contributed by atoms with van der Waals surface area (Å²) in [4.78, 5) is 0. The second kappa shape index (κ2) is 4.09. The molecule has 0 spiro atoms. The van der Waals surface area contributed by atoms with Crippen LogP contribution in [0.5, 0.6) is 0 Å². The molecule has 0 saturated heterocycles. The van der Waals surface area contributed by atoms with E-state index in [0.29, 0.717) is 23.3 Å². The number of halogens is 1. The Kier molecular flexibility index (Phi) is 2.41. The van der Waals surface area contributed by atoms with Gasteiger partial charge >= 0.3 is 0 Å². The summed E-state index contributed by atoms with van der Waals surface area (Å²) in [5.74, 6) is -0.0380. The standard InChI is InChI=1S/C17H14FNO2/c18-14-3-1-2-11-9-15(21-16(11)14)17(20)7-6-10-8-12(19)4-5-13(10)17/h1-5,8-9,20H,6-7,19H2. The molecule has 1 aromatic heterocycles. The SMILES string of the molecule is Nc1ccc2c(c1)CCC2(O)c1cc2cccc(F)c2o1. The van der Waals surface area contributed by atoms with Gasteiger partial charge < -0.3 is 15.3 Å². The van der Waals surface area contributed by atoms with Crippen LogP contribution in [0.15, 0.2) is 46.9 Å². The highest BCUT2D eigenvalue weighted by Crippen LogP contribution is 2.44. The fourth-order valence-corrected chi connectivity index (χ4v) is 3.16. The van der Waals surface area contributed by atoms with E-state index in [0.717, 1.165) is 17.5 Å². The Balaban J connectivity index is 1.91. The van der Waals surface area contributed by atoms with Crippen molar-refractivity contribution in [3.05, 3.63) is 65.2 Å². The van der Waals surface area contributed by atoms with Gasteiger partial charge in [0.2, 0.25) is 0 Å². The number of anilines is 1. The molecule has 0 saturated carbocycles. The molecule has 106 valence electrons. The zero-order chi connectivity index (χ0) is 14.6. The summed E-state index contributed by atoms with van der Waals surface area (Å²) in [5, 5.41) is 11.7. The van der Waals surface area contributed by atoms with Crippen molar-refractivity contribution in [1.82, 2.24) is 0 Å². The van der Waals surface area contributed by atoms with Crippen LogP contribution < -0.4 is 5.73 Å². The molecule has 4 rings (SSSR count). The van der Waals surface area contributed by atoms with Gasteiger partial charge in [0, 0.05) is 11.1 Å². The van der Waals surface area contributed by atoms with Crippen LogP contribution in [-0.4, -0.2) is 5.11 Å². The van der Waals surface area contributed by atoms with Gasteiger partial charge in [-0.3, -0.25) is 0 Å². The molecular formula is C17H14FNO2. The van der Waals surface area contributed by atoms with Gasteiger partial charge in [-0.2, -0.15) is 0 Å². The third kappa shape index (κ3) is 1.69. The summed E-state index contributed by atoms with van der Waals surface area (Å²) >= 11 is 0. The van der Waals surface area contributed by atoms with E-state index in [1.807, 2.05) is 12.1 Å². The number of nitrogen functional groups attached to an aromatic ring is 1. The summed E-state index contributed by atoms with van der Waals surface area (Å²) in [7, 11) is 0. The lowest BCUT2D eigenvalue weighted by Crippen LogP contribution is -2.23. The Morgan fingerprint density at radius 2 is 2.05 bits per heavy atom. The Hall–Kier alpha value is -2.33. The van der Waals surface area contributed by atoms with E-state index in [2.05, 4.69) is 0 Å². The normalized spacial score (nSPS) is 20.9. The molecule has 0 bridgehead atoms. The summed E-state index contributed by atoms with van der Waals surface area (Å²) in [6.07, 6.45) is 1.23. The molecule has 3 aromatic rings. The number of hydrogen-bond donors (Lipinski definition) is 2. The first-order chi connectivity index (χ1) is 10.1. The number of para-hydroxylation sites is 1. The molecule has 0 aliphatic heterocycles. The number of benzene rings is 2. The Bertz CT molecular complexity index is 855. The summed E-state index contributed by atoms with van der Waals surface area (Å²) in [5.41, 5.74) is 7.23. The fraction of sp³-hybridized carbons (Fsp3) is 0.176. The predicted octanol–water partition coefficient (Wildman–Crippen LogP) is 3.34. The maximum absolute atomic E-state index is 13.8. The average Bonchev–Trinajstić information content (AvgIpc) is 3.03. The molecule has 0 radical (unpaired) electrons. The van der Waals surface area contributed by atoms with Crippen molar-refractivity contribution in [2.45, 2.75) is 18.4 Å². The Morgan fingerprint density at radius 1 is 1.19 bits per heavy atom. The molecule has 2 aromatic carbocycles. The lowest BCUT2D eigenvalue weighted by molar-refractivity contribution is 0.0603. The fourth-order valence-electron chi connectivity index (χ4n) is 3.16. The number of nitrogens with two attached hydrogens (primary N) is 1. The van der Waals surface area contributed by atoms with Gasteiger partial charge in [-0.1, -0.05) is 18.2 Å². The van der Waals surface area contributed by atoms with Crippen LogP contribution in [0.3, 0.4) is 0 Å². The van der Waals surface area contributed by atoms with Gasteiger partial charge in [-0.15, -0.1) is 0 Å². The number of rotatable bonds is 1. The maximum Gasteiger partial charge on any atom is 0.170 e. The minimum atomic E-state index is -1.21. The molecule has 0 fully saturated rings. The summed E-state index contributed by atoms with van der Waals surface area (Å²) in [6.45, 7) is 0. The molecule has 0 amide bonds. The van der Waals surface area contributed by atoms with Gasteiger partial charge in [-0.05, 0) is 48.2 Å². The molecule has 3 nitrogen and oxygen atoms in total. The van der Waals surface area contributed by atoms with Gasteiger partial charge in [0.05, 0.1) is 0 Å². The first kappa shape index (κ1) is 12.4. The lowest BCUT2D eigenvalue weighted by atomic mass is 9.93. The van der Waals surface area contributed by atoms with Crippen LogP contribution >= 0.6 is 0 Å². The van der Waals surface area contributed by atoms with Crippen molar-refractivity contribution in [2.24, 2.45) is 0 Å². The monoisotopic (exact) mass is 283 g/mol. The number of aliphatic hydroxyl groups is 1. The highest BCUT2D eigenvalue weighted by molar-refractivity contribution is 5.79. The van der Waals surface area contributed by atoms with Crippen LogP contribution in [0.25, 0.3) is 11.0 Å². The highest BCUT2D eigenvalue weighted by atomic mass is 19.1. The molecule has 1 atom stereocenters. The van der Waals surface area contributed by atoms with Gasteiger partial charge in [0.15, 0.2) is 11.4 Å². The Morgan fingerprint density at radius 3 is 2.86 bits per heavy atom. The number of furan rings is 1. The molecule has 1 aliphatic carbocycles. The van der Waals surface area contributed by atoms with Crippen LogP contribution in [0.1, 0.15) is 23.3 Å². The maximum atomic E-state index is 13.8.